The Hall–Kier alpha value is -3.15. The molecular formula is C24H26N2O4. The van der Waals surface area contributed by atoms with E-state index in [2.05, 4.69) is 5.32 Å². The molecule has 1 aliphatic carbocycles. The molecule has 6 heteroatoms. The lowest BCUT2D eigenvalue weighted by Crippen LogP contribution is -2.43. The van der Waals surface area contributed by atoms with Crippen molar-refractivity contribution in [3.63, 3.8) is 0 Å². The topological polar surface area (TPSA) is 75.7 Å². The van der Waals surface area contributed by atoms with Crippen LogP contribution in [0.25, 0.3) is 0 Å². The van der Waals surface area contributed by atoms with Crippen molar-refractivity contribution in [3.05, 3.63) is 60.2 Å². The van der Waals surface area contributed by atoms with E-state index in [4.69, 9.17) is 4.74 Å². The third-order valence-electron chi connectivity index (χ3n) is 6.13. The van der Waals surface area contributed by atoms with Gasteiger partial charge in [0.05, 0.1) is 16.8 Å². The van der Waals surface area contributed by atoms with Gasteiger partial charge in [0.15, 0.2) is 6.61 Å². The fourth-order valence-electron chi connectivity index (χ4n) is 4.65. The number of benzene rings is 2. The Morgan fingerprint density at radius 1 is 1.07 bits per heavy atom. The molecule has 0 radical (unpaired) electrons. The van der Waals surface area contributed by atoms with Gasteiger partial charge in [-0.2, -0.15) is 0 Å². The van der Waals surface area contributed by atoms with Crippen molar-refractivity contribution >= 4 is 29.2 Å². The van der Waals surface area contributed by atoms with Crippen LogP contribution in [0.5, 0.6) is 0 Å². The lowest BCUT2D eigenvalue weighted by Gasteiger charge is -2.30. The zero-order valence-corrected chi connectivity index (χ0v) is 17.1. The van der Waals surface area contributed by atoms with Crippen LogP contribution in [0.4, 0.5) is 11.4 Å². The van der Waals surface area contributed by atoms with Crippen molar-refractivity contribution in [1.29, 1.82) is 0 Å². The van der Waals surface area contributed by atoms with Gasteiger partial charge in [0.1, 0.15) is 0 Å². The Kier molecular flexibility index (Phi) is 5.57. The highest BCUT2D eigenvalue weighted by molar-refractivity contribution is 6.05. The van der Waals surface area contributed by atoms with E-state index < -0.39 is 5.41 Å². The van der Waals surface area contributed by atoms with Crippen LogP contribution in [-0.4, -0.2) is 30.4 Å². The van der Waals surface area contributed by atoms with E-state index in [1.54, 1.807) is 17.0 Å². The van der Waals surface area contributed by atoms with E-state index >= 15 is 0 Å². The predicted octanol–water partition coefficient (Wildman–Crippen LogP) is 3.81. The van der Waals surface area contributed by atoms with Crippen LogP contribution in [0.2, 0.25) is 0 Å². The number of esters is 1. The number of fused-ring (bicyclic) bond motifs is 1. The normalized spacial score (nSPS) is 20.1. The first-order valence-corrected chi connectivity index (χ1v) is 10.4. The van der Waals surface area contributed by atoms with Gasteiger partial charge in [-0.15, -0.1) is 0 Å². The van der Waals surface area contributed by atoms with Crippen LogP contribution in [0.3, 0.4) is 0 Å². The van der Waals surface area contributed by atoms with Crippen LogP contribution < -0.4 is 10.2 Å². The number of para-hydroxylation sites is 2. The van der Waals surface area contributed by atoms with Gasteiger partial charge in [-0.05, 0) is 37.5 Å². The number of ether oxygens (including phenoxy) is 1. The van der Waals surface area contributed by atoms with Crippen molar-refractivity contribution in [2.24, 2.45) is 0 Å². The fraction of sp³-hybridized carbons (Fsp3) is 0.375. The SMILES string of the molecule is C[C@H]1CC(=O)Nc2ccccc2N1C(=O)COC(=O)C1(c2ccccc2)CCCC1. The summed E-state index contributed by atoms with van der Waals surface area (Å²) < 4.78 is 5.59. The first-order chi connectivity index (χ1) is 14.5. The molecule has 0 bridgehead atoms. The summed E-state index contributed by atoms with van der Waals surface area (Å²) in [5, 5.41) is 2.83. The molecule has 1 aliphatic heterocycles. The number of amides is 2. The van der Waals surface area contributed by atoms with Gasteiger partial charge in [-0.25, -0.2) is 0 Å². The average Bonchev–Trinajstić information content (AvgIpc) is 3.20. The second-order valence-electron chi connectivity index (χ2n) is 8.11. The standard InChI is InChI=1S/C24H26N2O4/c1-17-15-21(27)25-19-11-5-6-12-20(19)26(17)22(28)16-30-23(29)24(13-7-8-14-24)18-9-3-2-4-10-18/h2-6,9-12,17H,7-8,13-16H2,1H3,(H,25,27)/t17-/m0/s1. The zero-order chi connectivity index (χ0) is 21.1. The van der Waals surface area contributed by atoms with Crippen LogP contribution >= 0.6 is 0 Å². The highest BCUT2D eigenvalue weighted by Crippen LogP contribution is 2.42. The Morgan fingerprint density at radius 2 is 1.73 bits per heavy atom. The minimum atomic E-state index is -0.679. The van der Waals surface area contributed by atoms with Gasteiger partial charge in [0.2, 0.25) is 5.91 Å². The van der Waals surface area contributed by atoms with Crippen LogP contribution in [0.1, 0.15) is 44.6 Å². The molecule has 30 heavy (non-hydrogen) atoms. The summed E-state index contributed by atoms with van der Waals surface area (Å²) >= 11 is 0. The lowest BCUT2D eigenvalue weighted by molar-refractivity contribution is -0.154. The molecule has 0 aromatic heterocycles. The molecule has 2 amide bonds. The van der Waals surface area contributed by atoms with Gasteiger partial charge in [-0.1, -0.05) is 55.3 Å². The van der Waals surface area contributed by atoms with Crippen molar-refractivity contribution in [3.8, 4) is 0 Å². The summed E-state index contributed by atoms with van der Waals surface area (Å²) in [7, 11) is 0. The number of nitrogens with one attached hydrogen (secondary N) is 1. The minimum absolute atomic E-state index is 0.142. The van der Waals surface area contributed by atoms with Crippen LogP contribution in [0.15, 0.2) is 54.6 Å². The molecule has 1 fully saturated rings. The highest BCUT2D eigenvalue weighted by Gasteiger charge is 2.44. The molecule has 0 spiro atoms. The molecule has 2 aliphatic rings. The summed E-state index contributed by atoms with van der Waals surface area (Å²) in [6.07, 6.45) is 3.56. The number of nitrogens with zero attached hydrogens (tertiary/aromatic N) is 1. The Morgan fingerprint density at radius 3 is 2.47 bits per heavy atom. The number of anilines is 2. The maximum Gasteiger partial charge on any atom is 0.317 e. The maximum absolute atomic E-state index is 13.1. The fourth-order valence-corrected chi connectivity index (χ4v) is 4.65. The van der Waals surface area contributed by atoms with Gasteiger partial charge in [0.25, 0.3) is 5.91 Å². The zero-order valence-electron chi connectivity index (χ0n) is 17.1. The second kappa shape index (κ2) is 8.30. The molecule has 1 saturated carbocycles. The van der Waals surface area contributed by atoms with Gasteiger partial charge < -0.3 is 15.0 Å². The van der Waals surface area contributed by atoms with Crippen molar-refractivity contribution in [2.75, 3.05) is 16.8 Å². The third-order valence-corrected chi connectivity index (χ3v) is 6.13. The summed E-state index contributed by atoms with van der Waals surface area (Å²) in [6, 6.07) is 16.5. The molecule has 156 valence electrons. The Labute approximate surface area is 176 Å². The van der Waals surface area contributed by atoms with Crippen molar-refractivity contribution in [1.82, 2.24) is 0 Å². The molecule has 1 heterocycles. The van der Waals surface area contributed by atoms with Crippen LogP contribution in [-0.2, 0) is 24.5 Å². The average molecular weight is 406 g/mol. The third kappa shape index (κ3) is 3.70. The molecule has 6 nitrogen and oxygen atoms in total. The highest BCUT2D eigenvalue weighted by atomic mass is 16.5. The molecular weight excluding hydrogens is 380 g/mol. The molecule has 2 aromatic rings. The first kappa shape index (κ1) is 20.1. The Bertz CT molecular complexity index is 951. The molecule has 2 aromatic carbocycles. The molecule has 4 rings (SSSR count). The summed E-state index contributed by atoms with van der Waals surface area (Å²) in [5.41, 5.74) is 1.48. The Balaban J connectivity index is 1.53. The molecule has 0 unspecified atom stereocenters. The smallest absolute Gasteiger partial charge is 0.317 e. The van der Waals surface area contributed by atoms with Crippen molar-refractivity contribution < 1.29 is 19.1 Å². The summed E-state index contributed by atoms with van der Waals surface area (Å²) in [5.74, 6) is -0.818. The van der Waals surface area contributed by atoms with Gasteiger partial charge in [-0.3, -0.25) is 14.4 Å². The number of hydrogen-bond donors (Lipinski definition) is 1. The quantitative estimate of drug-likeness (QED) is 0.784. The second-order valence-corrected chi connectivity index (χ2v) is 8.11. The van der Waals surface area contributed by atoms with E-state index in [0.717, 1.165) is 31.2 Å². The van der Waals surface area contributed by atoms with E-state index in [9.17, 15) is 14.4 Å². The maximum atomic E-state index is 13.1. The molecule has 1 N–H and O–H groups in total. The molecule has 1 atom stereocenters. The largest absolute Gasteiger partial charge is 0.455 e. The van der Waals surface area contributed by atoms with Crippen molar-refractivity contribution in [2.45, 2.75) is 50.5 Å². The van der Waals surface area contributed by atoms with Gasteiger partial charge >= 0.3 is 5.97 Å². The number of carbonyl (C=O) groups is 3. The van der Waals surface area contributed by atoms with E-state index in [0.29, 0.717) is 11.4 Å². The van der Waals surface area contributed by atoms with E-state index in [-0.39, 0.29) is 36.9 Å². The number of hydrogen-bond acceptors (Lipinski definition) is 4. The van der Waals surface area contributed by atoms with Gasteiger partial charge in [0, 0.05) is 12.5 Å². The summed E-state index contributed by atoms with van der Waals surface area (Å²) in [6.45, 7) is 1.48. The minimum Gasteiger partial charge on any atom is -0.455 e. The van der Waals surface area contributed by atoms with E-state index in [1.165, 1.54) is 0 Å². The monoisotopic (exact) mass is 406 g/mol. The first-order valence-electron chi connectivity index (χ1n) is 10.4. The van der Waals surface area contributed by atoms with Crippen LogP contribution in [0, 0.1) is 0 Å². The lowest BCUT2D eigenvalue weighted by atomic mass is 9.79. The molecule has 0 saturated heterocycles. The predicted molar refractivity (Wildman–Crippen MR) is 114 cm³/mol. The van der Waals surface area contributed by atoms with E-state index in [1.807, 2.05) is 49.4 Å². The summed E-state index contributed by atoms with van der Waals surface area (Å²) in [4.78, 5) is 39.9. The number of rotatable bonds is 4. The number of carbonyl (C=O) groups excluding carboxylic acids is 3.